The molecule has 0 radical (unpaired) electrons. The van der Waals surface area contributed by atoms with Crippen LogP contribution in [0.25, 0.3) is 0 Å². The summed E-state index contributed by atoms with van der Waals surface area (Å²) in [6.07, 6.45) is 2.03. The van der Waals surface area contributed by atoms with Gasteiger partial charge in [0, 0.05) is 40.1 Å². The van der Waals surface area contributed by atoms with Crippen molar-refractivity contribution < 1.29 is 9.47 Å². The molecule has 1 aliphatic heterocycles. The number of aromatic nitrogens is 1. The minimum absolute atomic E-state index is 0.150. The summed E-state index contributed by atoms with van der Waals surface area (Å²) >= 11 is 5.86. The molecule has 5 heteroatoms. The summed E-state index contributed by atoms with van der Waals surface area (Å²) in [6, 6.07) is 3.87. The Labute approximate surface area is 106 Å². The third-order valence-electron chi connectivity index (χ3n) is 3.09. The van der Waals surface area contributed by atoms with Crippen LogP contribution < -0.4 is 0 Å². The zero-order chi connectivity index (χ0) is 12.3. The summed E-state index contributed by atoms with van der Waals surface area (Å²) < 4.78 is 10.8. The van der Waals surface area contributed by atoms with Gasteiger partial charge in [-0.15, -0.1) is 0 Å². The van der Waals surface area contributed by atoms with Gasteiger partial charge in [-0.05, 0) is 17.7 Å². The van der Waals surface area contributed by atoms with Gasteiger partial charge in [0.15, 0.2) is 0 Å². The second-order valence-electron chi connectivity index (χ2n) is 4.23. The average molecular weight is 257 g/mol. The molecule has 94 valence electrons. The van der Waals surface area contributed by atoms with Gasteiger partial charge in [-0.25, -0.2) is 4.98 Å². The van der Waals surface area contributed by atoms with E-state index >= 15 is 0 Å². The third kappa shape index (κ3) is 3.16. The van der Waals surface area contributed by atoms with Crippen LogP contribution in [-0.4, -0.2) is 49.4 Å². The summed E-state index contributed by atoms with van der Waals surface area (Å²) in [5.41, 5.74) is 1.16. The first-order valence-electron chi connectivity index (χ1n) is 5.61. The number of ether oxygens (including phenoxy) is 2. The van der Waals surface area contributed by atoms with Crippen LogP contribution in [0.4, 0.5) is 0 Å². The van der Waals surface area contributed by atoms with Gasteiger partial charge in [0.2, 0.25) is 0 Å². The van der Waals surface area contributed by atoms with Gasteiger partial charge in [-0.3, -0.25) is 4.90 Å². The molecule has 0 N–H and O–H groups in total. The standard InChI is InChI=1S/C12H17ClN2O2/c1-16-10-7-15(8-11(10)17-2)6-9-3-4-14-12(13)5-9/h3-5,10-11H,6-8H2,1-2H3. The van der Waals surface area contributed by atoms with E-state index in [9.17, 15) is 0 Å². The van der Waals surface area contributed by atoms with Crippen LogP contribution in [0.3, 0.4) is 0 Å². The predicted octanol–water partition coefficient (Wildman–Crippen LogP) is 1.58. The van der Waals surface area contributed by atoms with Crippen LogP contribution in [0.15, 0.2) is 18.3 Å². The Balaban J connectivity index is 1.97. The molecular formula is C12H17ClN2O2. The molecule has 4 nitrogen and oxygen atoms in total. The van der Waals surface area contributed by atoms with Gasteiger partial charge in [-0.1, -0.05) is 11.6 Å². The van der Waals surface area contributed by atoms with Crippen molar-refractivity contribution in [1.82, 2.24) is 9.88 Å². The zero-order valence-corrected chi connectivity index (χ0v) is 10.9. The summed E-state index contributed by atoms with van der Waals surface area (Å²) in [4.78, 5) is 6.27. The highest BCUT2D eigenvalue weighted by Gasteiger charge is 2.32. The molecule has 0 saturated carbocycles. The Kier molecular flexibility index (Phi) is 4.34. The van der Waals surface area contributed by atoms with Gasteiger partial charge < -0.3 is 9.47 Å². The molecular weight excluding hydrogens is 240 g/mol. The lowest BCUT2D eigenvalue weighted by Gasteiger charge is -2.14. The maximum Gasteiger partial charge on any atom is 0.129 e. The second kappa shape index (κ2) is 5.78. The van der Waals surface area contributed by atoms with Crippen molar-refractivity contribution in [3.63, 3.8) is 0 Å². The highest BCUT2D eigenvalue weighted by Crippen LogP contribution is 2.18. The first-order chi connectivity index (χ1) is 8.22. The van der Waals surface area contributed by atoms with E-state index < -0.39 is 0 Å². The molecule has 2 unspecified atom stereocenters. The van der Waals surface area contributed by atoms with E-state index in [1.165, 1.54) is 0 Å². The molecule has 0 spiro atoms. The molecule has 17 heavy (non-hydrogen) atoms. The summed E-state index contributed by atoms with van der Waals surface area (Å²) in [5.74, 6) is 0. The van der Waals surface area contributed by atoms with Crippen LogP contribution in [0.5, 0.6) is 0 Å². The molecule has 1 aliphatic rings. The minimum atomic E-state index is 0.150. The summed E-state index contributed by atoms with van der Waals surface area (Å²) in [5, 5.41) is 0.535. The van der Waals surface area contributed by atoms with Crippen molar-refractivity contribution in [3.8, 4) is 0 Å². The molecule has 2 rings (SSSR count). The first-order valence-corrected chi connectivity index (χ1v) is 5.99. The third-order valence-corrected chi connectivity index (χ3v) is 3.30. The fourth-order valence-corrected chi connectivity index (χ4v) is 2.40. The van der Waals surface area contributed by atoms with Gasteiger partial charge in [0.05, 0.1) is 12.2 Å². The topological polar surface area (TPSA) is 34.6 Å². The molecule has 2 atom stereocenters. The SMILES string of the molecule is COC1CN(Cc2ccnc(Cl)c2)CC1OC. The van der Waals surface area contributed by atoms with Crippen molar-refractivity contribution in [2.24, 2.45) is 0 Å². The highest BCUT2D eigenvalue weighted by molar-refractivity contribution is 6.29. The Morgan fingerprint density at radius 1 is 1.35 bits per heavy atom. The number of pyridine rings is 1. The number of likely N-dealkylation sites (tertiary alicyclic amines) is 1. The van der Waals surface area contributed by atoms with E-state index in [1.54, 1.807) is 20.4 Å². The Morgan fingerprint density at radius 3 is 2.53 bits per heavy atom. The highest BCUT2D eigenvalue weighted by atomic mass is 35.5. The van der Waals surface area contributed by atoms with E-state index in [2.05, 4.69) is 9.88 Å². The van der Waals surface area contributed by atoms with E-state index in [0.717, 1.165) is 25.2 Å². The Morgan fingerprint density at radius 2 is 2.00 bits per heavy atom. The van der Waals surface area contributed by atoms with Crippen molar-refractivity contribution in [2.45, 2.75) is 18.8 Å². The summed E-state index contributed by atoms with van der Waals surface area (Å²) in [7, 11) is 3.45. The lowest BCUT2D eigenvalue weighted by atomic mass is 10.2. The van der Waals surface area contributed by atoms with E-state index in [4.69, 9.17) is 21.1 Å². The molecule has 0 bridgehead atoms. The maximum atomic E-state index is 5.86. The summed E-state index contributed by atoms with van der Waals surface area (Å²) in [6.45, 7) is 2.62. The van der Waals surface area contributed by atoms with Crippen molar-refractivity contribution in [3.05, 3.63) is 29.0 Å². The maximum absolute atomic E-state index is 5.86. The van der Waals surface area contributed by atoms with Gasteiger partial charge in [-0.2, -0.15) is 0 Å². The van der Waals surface area contributed by atoms with Crippen LogP contribution in [-0.2, 0) is 16.0 Å². The number of hydrogen-bond donors (Lipinski definition) is 0. The number of hydrogen-bond acceptors (Lipinski definition) is 4. The Bertz CT molecular complexity index is 363. The van der Waals surface area contributed by atoms with E-state index in [1.807, 2.05) is 12.1 Å². The second-order valence-corrected chi connectivity index (χ2v) is 4.62. The lowest BCUT2D eigenvalue weighted by molar-refractivity contribution is -0.00461. The monoisotopic (exact) mass is 256 g/mol. The van der Waals surface area contributed by atoms with E-state index in [0.29, 0.717) is 5.15 Å². The molecule has 0 amide bonds. The molecule has 0 aliphatic carbocycles. The lowest BCUT2D eigenvalue weighted by Crippen LogP contribution is -2.27. The number of rotatable bonds is 4. The molecule has 1 aromatic heterocycles. The number of halogens is 1. The van der Waals surface area contributed by atoms with E-state index in [-0.39, 0.29) is 12.2 Å². The van der Waals surface area contributed by atoms with Crippen LogP contribution >= 0.6 is 11.6 Å². The van der Waals surface area contributed by atoms with Gasteiger partial charge in [0.1, 0.15) is 5.15 Å². The molecule has 1 aromatic rings. The van der Waals surface area contributed by atoms with Crippen molar-refractivity contribution in [1.29, 1.82) is 0 Å². The molecule has 1 fully saturated rings. The fourth-order valence-electron chi connectivity index (χ4n) is 2.20. The quantitative estimate of drug-likeness (QED) is 0.767. The van der Waals surface area contributed by atoms with Gasteiger partial charge >= 0.3 is 0 Å². The molecule has 1 saturated heterocycles. The van der Waals surface area contributed by atoms with Gasteiger partial charge in [0.25, 0.3) is 0 Å². The van der Waals surface area contributed by atoms with Crippen LogP contribution in [0.2, 0.25) is 5.15 Å². The number of methoxy groups -OCH3 is 2. The largest absolute Gasteiger partial charge is 0.377 e. The zero-order valence-electron chi connectivity index (χ0n) is 10.1. The average Bonchev–Trinajstić information content (AvgIpc) is 2.71. The predicted molar refractivity (Wildman–Crippen MR) is 66.1 cm³/mol. The van der Waals surface area contributed by atoms with Crippen molar-refractivity contribution in [2.75, 3.05) is 27.3 Å². The number of nitrogens with zero attached hydrogens (tertiary/aromatic N) is 2. The minimum Gasteiger partial charge on any atom is -0.377 e. The van der Waals surface area contributed by atoms with Crippen LogP contribution in [0, 0.1) is 0 Å². The fraction of sp³-hybridized carbons (Fsp3) is 0.583. The van der Waals surface area contributed by atoms with Crippen molar-refractivity contribution >= 4 is 11.6 Å². The molecule has 0 aromatic carbocycles. The smallest absolute Gasteiger partial charge is 0.129 e. The van der Waals surface area contributed by atoms with Crippen LogP contribution in [0.1, 0.15) is 5.56 Å². The first kappa shape index (κ1) is 12.8. The Hall–Kier alpha value is -0.680. The molecule has 2 heterocycles. The normalized spacial score (nSPS) is 25.4.